The molecule has 9 heteroatoms. The molecule has 3 rings (SSSR count). The fraction of sp³-hybridized carbons (Fsp3) is 0.429. The number of carbonyl (C=O) groups is 1. The third-order valence-corrected chi connectivity index (χ3v) is 4.68. The molecule has 2 heterocycles. The number of aryl methyl sites for hydroxylation is 2. The first kappa shape index (κ1) is 21.4. The lowest BCUT2D eigenvalue weighted by Crippen LogP contribution is -2.37. The van der Waals surface area contributed by atoms with Crippen LogP contribution >= 0.6 is 0 Å². The Bertz CT molecular complexity index is 1100. The van der Waals surface area contributed by atoms with Crippen LogP contribution in [-0.2, 0) is 24.8 Å². The van der Waals surface area contributed by atoms with Crippen LogP contribution in [0.1, 0.15) is 32.9 Å². The van der Waals surface area contributed by atoms with Gasteiger partial charge in [0, 0.05) is 7.05 Å². The zero-order valence-corrected chi connectivity index (χ0v) is 17.6. The summed E-state index contributed by atoms with van der Waals surface area (Å²) in [7, 11) is 1.75. The van der Waals surface area contributed by atoms with Crippen molar-refractivity contribution >= 4 is 17.0 Å². The monoisotopic (exact) mass is 414 g/mol. The number of ether oxygens (including phenoxy) is 2. The molecule has 0 fully saturated rings. The van der Waals surface area contributed by atoms with Gasteiger partial charge in [-0.1, -0.05) is 13.3 Å². The Morgan fingerprint density at radius 3 is 2.50 bits per heavy atom. The number of fused-ring (bicyclic) bond motifs is 1. The van der Waals surface area contributed by atoms with Gasteiger partial charge < -0.3 is 14.6 Å². The molecule has 2 aromatic heterocycles. The third kappa shape index (κ3) is 4.45. The van der Waals surface area contributed by atoms with E-state index < -0.39 is 11.6 Å². The number of nitrogens with zero attached hydrogens (tertiary/aromatic N) is 4. The maximum Gasteiger partial charge on any atom is 0.347 e. The molecule has 0 bridgehead atoms. The second-order valence-corrected chi connectivity index (χ2v) is 7.50. The van der Waals surface area contributed by atoms with Gasteiger partial charge in [0.2, 0.25) is 0 Å². The Morgan fingerprint density at radius 1 is 1.20 bits per heavy atom. The first-order valence-electron chi connectivity index (χ1n) is 9.79. The van der Waals surface area contributed by atoms with E-state index in [4.69, 9.17) is 14.6 Å². The van der Waals surface area contributed by atoms with E-state index in [-0.39, 0.29) is 12.2 Å². The van der Waals surface area contributed by atoms with Crippen molar-refractivity contribution in [1.29, 1.82) is 0 Å². The average Bonchev–Trinajstić information content (AvgIpc) is 3.01. The Morgan fingerprint density at radius 2 is 1.87 bits per heavy atom. The number of benzene rings is 1. The lowest BCUT2D eigenvalue weighted by Gasteiger charge is -2.21. The highest BCUT2D eigenvalue weighted by atomic mass is 16.5. The van der Waals surface area contributed by atoms with Crippen molar-refractivity contribution in [2.24, 2.45) is 7.05 Å². The van der Waals surface area contributed by atoms with Crippen LogP contribution in [0.2, 0.25) is 0 Å². The summed E-state index contributed by atoms with van der Waals surface area (Å²) in [4.78, 5) is 28.4. The van der Waals surface area contributed by atoms with Crippen LogP contribution in [0.4, 0.5) is 0 Å². The van der Waals surface area contributed by atoms with Crippen molar-refractivity contribution in [3.63, 3.8) is 0 Å². The minimum absolute atomic E-state index is 0.152. The van der Waals surface area contributed by atoms with Gasteiger partial charge in [0.05, 0.1) is 18.6 Å². The minimum atomic E-state index is -1.32. The molecule has 0 amide bonds. The number of hydrogen-bond acceptors (Lipinski definition) is 6. The fourth-order valence-corrected chi connectivity index (χ4v) is 3.03. The van der Waals surface area contributed by atoms with Gasteiger partial charge in [0.15, 0.2) is 11.1 Å². The molecule has 0 aliphatic carbocycles. The predicted molar refractivity (Wildman–Crippen MR) is 111 cm³/mol. The highest BCUT2D eigenvalue weighted by molar-refractivity contribution is 5.77. The van der Waals surface area contributed by atoms with Crippen molar-refractivity contribution in [3.8, 4) is 11.5 Å². The molecule has 160 valence electrons. The second kappa shape index (κ2) is 8.56. The Labute approximate surface area is 173 Å². The highest BCUT2D eigenvalue weighted by Gasteiger charge is 2.29. The normalized spacial score (nSPS) is 11.6. The zero-order valence-electron chi connectivity index (χ0n) is 17.6. The van der Waals surface area contributed by atoms with Crippen molar-refractivity contribution in [3.05, 3.63) is 46.6 Å². The Kier molecular flexibility index (Phi) is 6.09. The Balaban J connectivity index is 1.65. The molecule has 30 heavy (non-hydrogen) atoms. The van der Waals surface area contributed by atoms with E-state index in [9.17, 15) is 9.59 Å². The molecule has 0 saturated heterocycles. The number of carboxylic acid groups (broad SMARTS) is 1. The van der Waals surface area contributed by atoms with E-state index in [1.54, 1.807) is 36.0 Å². The van der Waals surface area contributed by atoms with Gasteiger partial charge in [-0.25, -0.2) is 9.78 Å². The first-order chi connectivity index (χ1) is 14.2. The lowest BCUT2D eigenvalue weighted by atomic mass is 10.1. The molecule has 3 aromatic rings. The molecule has 0 atom stereocenters. The van der Waals surface area contributed by atoms with E-state index in [1.807, 2.05) is 0 Å². The summed E-state index contributed by atoms with van der Waals surface area (Å²) in [6, 6.07) is 6.67. The zero-order chi connectivity index (χ0) is 21.9. The number of rotatable bonds is 9. The van der Waals surface area contributed by atoms with Crippen molar-refractivity contribution in [2.75, 3.05) is 6.61 Å². The standard InChI is InChI=1S/C21H26N4O5/c1-5-6-16-17-18(24(4)23-16)19(26)25(13-22-17)11-12-29-14-7-9-15(10-8-14)30-21(2,3)20(27)28/h7-10,13H,5-6,11-12H2,1-4H3,(H,27,28). The van der Waals surface area contributed by atoms with Crippen molar-refractivity contribution in [1.82, 2.24) is 19.3 Å². The molecule has 1 aromatic carbocycles. The summed E-state index contributed by atoms with van der Waals surface area (Å²) in [6.45, 7) is 5.63. The van der Waals surface area contributed by atoms with Gasteiger partial charge in [-0.3, -0.25) is 14.0 Å². The molecule has 9 nitrogen and oxygen atoms in total. The first-order valence-corrected chi connectivity index (χ1v) is 9.79. The van der Waals surface area contributed by atoms with E-state index in [0.717, 1.165) is 18.5 Å². The highest BCUT2D eigenvalue weighted by Crippen LogP contribution is 2.22. The van der Waals surface area contributed by atoms with E-state index in [1.165, 1.54) is 24.7 Å². The smallest absolute Gasteiger partial charge is 0.347 e. The van der Waals surface area contributed by atoms with E-state index >= 15 is 0 Å². The average molecular weight is 414 g/mol. The summed E-state index contributed by atoms with van der Waals surface area (Å²) >= 11 is 0. The van der Waals surface area contributed by atoms with Crippen LogP contribution in [0.5, 0.6) is 11.5 Å². The maximum absolute atomic E-state index is 12.8. The molecular formula is C21H26N4O5. The van der Waals surface area contributed by atoms with Crippen LogP contribution in [0.15, 0.2) is 35.4 Å². The van der Waals surface area contributed by atoms with Gasteiger partial charge in [-0.15, -0.1) is 0 Å². The minimum Gasteiger partial charge on any atom is -0.492 e. The van der Waals surface area contributed by atoms with Gasteiger partial charge in [-0.2, -0.15) is 5.10 Å². The summed E-state index contributed by atoms with van der Waals surface area (Å²) < 4.78 is 14.3. The molecule has 0 spiro atoms. The van der Waals surface area contributed by atoms with Crippen LogP contribution in [-0.4, -0.2) is 42.6 Å². The van der Waals surface area contributed by atoms with E-state index in [2.05, 4.69) is 17.0 Å². The van der Waals surface area contributed by atoms with E-state index in [0.29, 0.717) is 29.1 Å². The molecule has 1 N–H and O–H groups in total. The van der Waals surface area contributed by atoms with Crippen LogP contribution in [0.3, 0.4) is 0 Å². The maximum atomic E-state index is 12.8. The Hall–Kier alpha value is -3.36. The molecule has 0 aliphatic heterocycles. The molecule has 0 unspecified atom stereocenters. The summed E-state index contributed by atoms with van der Waals surface area (Å²) in [5, 5.41) is 13.5. The SMILES string of the molecule is CCCc1nn(C)c2c(=O)n(CCOc3ccc(OC(C)(C)C(=O)O)cc3)cnc12. The topological polar surface area (TPSA) is 108 Å². The van der Waals surface area contributed by atoms with Gasteiger partial charge >= 0.3 is 5.97 Å². The van der Waals surface area contributed by atoms with Crippen molar-refractivity contribution < 1.29 is 19.4 Å². The molecular weight excluding hydrogens is 388 g/mol. The van der Waals surface area contributed by atoms with Crippen LogP contribution in [0, 0.1) is 0 Å². The molecule has 0 aliphatic rings. The van der Waals surface area contributed by atoms with Crippen molar-refractivity contribution in [2.45, 2.75) is 45.8 Å². The summed E-state index contributed by atoms with van der Waals surface area (Å²) in [6.07, 6.45) is 3.24. The number of hydrogen-bond donors (Lipinski definition) is 1. The number of aromatic nitrogens is 4. The summed E-state index contributed by atoms with van der Waals surface area (Å²) in [5.41, 5.74) is 0.507. The fourth-order valence-electron chi connectivity index (χ4n) is 3.03. The van der Waals surface area contributed by atoms with Crippen LogP contribution < -0.4 is 15.0 Å². The summed E-state index contributed by atoms with van der Waals surface area (Å²) in [5.74, 6) is -0.0304. The van der Waals surface area contributed by atoms with Crippen LogP contribution in [0.25, 0.3) is 11.0 Å². The van der Waals surface area contributed by atoms with Gasteiger partial charge in [0.25, 0.3) is 5.56 Å². The predicted octanol–water partition coefficient (Wildman–Crippen LogP) is 2.40. The number of aliphatic carboxylic acids is 1. The molecule has 0 saturated carbocycles. The third-order valence-electron chi connectivity index (χ3n) is 4.68. The second-order valence-electron chi connectivity index (χ2n) is 7.50. The van der Waals surface area contributed by atoms with Gasteiger partial charge in [-0.05, 0) is 44.5 Å². The lowest BCUT2D eigenvalue weighted by molar-refractivity contribution is -0.152. The molecule has 0 radical (unpaired) electrons. The largest absolute Gasteiger partial charge is 0.492 e. The number of carboxylic acids is 1. The van der Waals surface area contributed by atoms with Gasteiger partial charge in [0.1, 0.15) is 23.6 Å². The quantitative estimate of drug-likeness (QED) is 0.573.